The molecule has 4 nitrogen and oxygen atoms in total. The van der Waals surface area contributed by atoms with E-state index in [2.05, 4.69) is 41.5 Å². The van der Waals surface area contributed by atoms with Crippen molar-refractivity contribution in [3.8, 4) is 0 Å². The molecular formula is C23H38O4. The van der Waals surface area contributed by atoms with Crippen LogP contribution < -0.4 is 0 Å². The highest BCUT2D eigenvalue weighted by atomic mass is 16.6. The Hall–Kier alpha value is -1.06. The van der Waals surface area contributed by atoms with Crippen molar-refractivity contribution in [1.82, 2.24) is 0 Å². The second-order valence-electron chi connectivity index (χ2n) is 11.9. The topological polar surface area (TPSA) is 52.6 Å². The third-order valence-electron chi connectivity index (χ3n) is 6.79. The average Bonchev–Trinajstić information content (AvgIpc) is 2.46. The summed E-state index contributed by atoms with van der Waals surface area (Å²) in [5, 5.41) is 0. The van der Waals surface area contributed by atoms with Gasteiger partial charge in [-0.05, 0) is 73.5 Å². The summed E-state index contributed by atoms with van der Waals surface area (Å²) in [6.07, 6.45) is 7.69. The minimum absolute atomic E-state index is 0.0245. The van der Waals surface area contributed by atoms with Crippen LogP contribution in [0, 0.1) is 34.5 Å². The summed E-state index contributed by atoms with van der Waals surface area (Å²) >= 11 is 0. The first-order valence-electron chi connectivity index (χ1n) is 10.7. The first-order valence-corrected chi connectivity index (χ1v) is 10.7. The lowest BCUT2D eigenvalue weighted by molar-refractivity contribution is -0.193. The van der Waals surface area contributed by atoms with Gasteiger partial charge < -0.3 is 9.47 Å². The van der Waals surface area contributed by atoms with Crippen molar-refractivity contribution in [2.45, 2.75) is 92.1 Å². The first-order chi connectivity index (χ1) is 12.4. The van der Waals surface area contributed by atoms with Gasteiger partial charge in [0.15, 0.2) is 6.61 Å². The van der Waals surface area contributed by atoms with E-state index >= 15 is 0 Å². The number of ether oxygens (including phenoxy) is 2. The second-order valence-corrected chi connectivity index (χ2v) is 11.9. The number of esters is 2. The molecule has 0 N–H and O–H groups in total. The number of hydrogen-bond acceptors (Lipinski definition) is 4. The van der Waals surface area contributed by atoms with Crippen molar-refractivity contribution in [2.75, 3.05) is 6.61 Å². The number of carbonyl (C=O) groups is 2. The quantitative estimate of drug-likeness (QED) is 0.622. The number of carbonyl (C=O) groups excluding carboxylic acids is 2. The summed E-state index contributed by atoms with van der Waals surface area (Å²) in [7, 11) is 0. The molecule has 0 radical (unpaired) electrons. The molecule has 4 saturated carbocycles. The molecule has 0 spiro atoms. The van der Waals surface area contributed by atoms with E-state index in [0.29, 0.717) is 0 Å². The third-order valence-corrected chi connectivity index (χ3v) is 6.79. The van der Waals surface area contributed by atoms with Gasteiger partial charge in [-0.2, -0.15) is 0 Å². The molecule has 4 heteroatoms. The highest BCUT2D eigenvalue weighted by molar-refractivity contribution is 5.78. The van der Waals surface area contributed by atoms with Crippen molar-refractivity contribution in [3.63, 3.8) is 0 Å². The van der Waals surface area contributed by atoms with Crippen LogP contribution in [0.25, 0.3) is 0 Å². The highest BCUT2D eigenvalue weighted by Gasteiger charge is 2.53. The van der Waals surface area contributed by atoms with E-state index in [9.17, 15) is 9.59 Å². The van der Waals surface area contributed by atoms with E-state index in [1.54, 1.807) is 0 Å². The summed E-state index contributed by atoms with van der Waals surface area (Å²) in [4.78, 5) is 25.2. The molecule has 1 atom stereocenters. The lowest BCUT2D eigenvalue weighted by Crippen LogP contribution is -2.53. The number of hydrogen-bond donors (Lipinski definition) is 0. The fraction of sp³-hybridized carbons (Fsp3) is 0.913. The highest BCUT2D eigenvalue weighted by Crippen LogP contribution is 2.57. The Morgan fingerprint density at radius 3 is 1.81 bits per heavy atom. The summed E-state index contributed by atoms with van der Waals surface area (Å²) in [6.45, 7) is 12.3. The Labute approximate surface area is 164 Å². The van der Waals surface area contributed by atoms with Crippen molar-refractivity contribution in [3.05, 3.63) is 0 Å². The second kappa shape index (κ2) is 7.08. The molecule has 27 heavy (non-hydrogen) atoms. The standard InChI is InChI=1S/C23H38O4/c1-21(2,3)13-18(22(4,5)6)20(25)26-14-19(24)27-23-10-15-7-16(11-23)9-17(8-15)12-23/h15-18H,7-14H2,1-6H3. The maximum Gasteiger partial charge on any atom is 0.344 e. The third kappa shape index (κ3) is 5.06. The van der Waals surface area contributed by atoms with Gasteiger partial charge in [0, 0.05) is 0 Å². The van der Waals surface area contributed by atoms with Crippen molar-refractivity contribution in [2.24, 2.45) is 34.5 Å². The predicted molar refractivity (Wildman–Crippen MR) is 105 cm³/mol. The van der Waals surface area contributed by atoms with Gasteiger partial charge in [-0.25, -0.2) is 4.79 Å². The van der Waals surface area contributed by atoms with Crippen LogP contribution >= 0.6 is 0 Å². The Bertz CT molecular complexity index is 543. The molecule has 0 aromatic rings. The van der Waals surface area contributed by atoms with Crippen LogP contribution in [0.4, 0.5) is 0 Å². The lowest BCUT2D eigenvalue weighted by atomic mass is 9.54. The molecule has 4 bridgehead atoms. The molecule has 154 valence electrons. The Balaban J connectivity index is 1.54. The van der Waals surface area contributed by atoms with Gasteiger partial charge in [-0.3, -0.25) is 4.79 Å². The van der Waals surface area contributed by atoms with Crippen LogP contribution in [0.1, 0.15) is 86.5 Å². The minimum Gasteiger partial charge on any atom is -0.457 e. The molecular weight excluding hydrogens is 340 g/mol. The molecule has 4 fully saturated rings. The fourth-order valence-corrected chi connectivity index (χ4v) is 6.01. The summed E-state index contributed by atoms with van der Waals surface area (Å²) in [6, 6.07) is 0. The molecule has 0 amide bonds. The number of rotatable bonds is 5. The van der Waals surface area contributed by atoms with Gasteiger partial charge in [0.05, 0.1) is 5.92 Å². The van der Waals surface area contributed by atoms with E-state index in [0.717, 1.165) is 43.4 Å². The zero-order chi connectivity index (χ0) is 20.0. The molecule has 4 aliphatic rings. The van der Waals surface area contributed by atoms with E-state index in [4.69, 9.17) is 9.47 Å². The largest absolute Gasteiger partial charge is 0.457 e. The summed E-state index contributed by atoms with van der Waals surface area (Å²) in [5.41, 5.74) is -0.446. The maximum atomic E-state index is 12.7. The van der Waals surface area contributed by atoms with E-state index in [1.165, 1.54) is 19.3 Å². The molecule has 4 rings (SSSR count). The molecule has 0 aromatic heterocycles. The van der Waals surface area contributed by atoms with Crippen LogP contribution in [-0.2, 0) is 19.1 Å². The maximum absolute atomic E-state index is 12.7. The Morgan fingerprint density at radius 2 is 1.41 bits per heavy atom. The van der Waals surface area contributed by atoms with Crippen LogP contribution in [0.15, 0.2) is 0 Å². The van der Waals surface area contributed by atoms with Crippen LogP contribution in [0.5, 0.6) is 0 Å². The lowest BCUT2D eigenvalue weighted by Gasteiger charge is -2.55. The van der Waals surface area contributed by atoms with Crippen LogP contribution in [0.3, 0.4) is 0 Å². The predicted octanol–water partition coefficient (Wildman–Crippen LogP) is 5.14. The first kappa shape index (κ1) is 20.7. The van der Waals surface area contributed by atoms with Crippen molar-refractivity contribution < 1.29 is 19.1 Å². The summed E-state index contributed by atoms with van der Waals surface area (Å²) in [5.74, 6) is 1.30. The SMILES string of the molecule is CC(C)(C)CC(C(=O)OCC(=O)OC12CC3CC(CC(C3)C1)C2)C(C)(C)C. The van der Waals surface area contributed by atoms with Crippen molar-refractivity contribution >= 4 is 11.9 Å². The molecule has 1 unspecified atom stereocenters. The molecule has 0 aromatic carbocycles. The van der Waals surface area contributed by atoms with Gasteiger partial charge >= 0.3 is 11.9 Å². The molecule has 0 aliphatic heterocycles. The zero-order valence-corrected chi connectivity index (χ0v) is 18.1. The fourth-order valence-electron chi connectivity index (χ4n) is 6.01. The Morgan fingerprint density at radius 1 is 0.926 bits per heavy atom. The van der Waals surface area contributed by atoms with E-state index < -0.39 is 0 Å². The van der Waals surface area contributed by atoms with E-state index in [1.807, 2.05) is 0 Å². The van der Waals surface area contributed by atoms with Gasteiger partial charge in [0.25, 0.3) is 0 Å². The molecule has 4 aliphatic carbocycles. The summed E-state index contributed by atoms with van der Waals surface area (Å²) < 4.78 is 11.4. The Kier molecular flexibility index (Phi) is 5.42. The van der Waals surface area contributed by atoms with Gasteiger partial charge in [0.2, 0.25) is 0 Å². The van der Waals surface area contributed by atoms with E-state index in [-0.39, 0.29) is 40.9 Å². The molecule has 0 saturated heterocycles. The smallest absolute Gasteiger partial charge is 0.344 e. The van der Waals surface area contributed by atoms with Gasteiger partial charge in [-0.15, -0.1) is 0 Å². The van der Waals surface area contributed by atoms with Crippen LogP contribution in [-0.4, -0.2) is 24.1 Å². The van der Waals surface area contributed by atoms with Gasteiger partial charge in [-0.1, -0.05) is 41.5 Å². The minimum atomic E-state index is -0.367. The van der Waals surface area contributed by atoms with Crippen LogP contribution in [0.2, 0.25) is 0 Å². The molecule has 0 heterocycles. The average molecular weight is 379 g/mol. The normalized spacial score (nSPS) is 33.6. The van der Waals surface area contributed by atoms with Crippen molar-refractivity contribution in [1.29, 1.82) is 0 Å². The monoisotopic (exact) mass is 378 g/mol. The van der Waals surface area contributed by atoms with Gasteiger partial charge in [0.1, 0.15) is 5.60 Å². The zero-order valence-electron chi connectivity index (χ0n) is 18.1.